The monoisotopic (exact) mass is 308 g/mol. The summed E-state index contributed by atoms with van der Waals surface area (Å²) < 4.78 is 0. The van der Waals surface area contributed by atoms with Crippen molar-refractivity contribution in [2.75, 3.05) is 5.32 Å². The molecule has 118 valence electrons. The van der Waals surface area contributed by atoms with Crippen molar-refractivity contribution in [2.45, 2.75) is 32.7 Å². The normalized spacial score (nSPS) is 16.4. The Kier molecular flexibility index (Phi) is 4.15. The van der Waals surface area contributed by atoms with Gasteiger partial charge in [-0.05, 0) is 36.6 Å². The number of para-hydroxylation sites is 1. The number of carbonyl (C=O) groups excluding carboxylic acids is 2. The van der Waals surface area contributed by atoms with Crippen molar-refractivity contribution in [3.05, 3.63) is 64.7 Å². The van der Waals surface area contributed by atoms with E-state index in [1.54, 1.807) is 0 Å². The lowest BCUT2D eigenvalue weighted by atomic mass is 9.89. The lowest BCUT2D eigenvalue weighted by Crippen LogP contribution is -2.34. The summed E-state index contributed by atoms with van der Waals surface area (Å²) in [5.41, 5.74) is 5.07. The van der Waals surface area contributed by atoms with Crippen LogP contribution < -0.4 is 10.6 Å². The van der Waals surface area contributed by atoms with Crippen LogP contribution in [0.25, 0.3) is 0 Å². The fourth-order valence-corrected chi connectivity index (χ4v) is 2.99. The number of carbonyl (C=O) groups is 2. The molecule has 1 heterocycles. The molecule has 0 aromatic heterocycles. The standard InChI is InChI=1S/C19H20N2O2/c1-12-7-8-14(13(2)9-12)11-20-19(23)16-10-18(22)21-17-6-4-3-5-15(16)17/h3-9,16H,10-11H2,1-2H3,(H,20,23)(H,21,22). The third kappa shape index (κ3) is 3.26. The summed E-state index contributed by atoms with van der Waals surface area (Å²) in [4.78, 5) is 24.4. The van der Waals surface area contributed by atoms with Gasteiger partial charge in [-0.25, -0.2) is 0 Å². The Hall–Kier alpha value is -2.62. The van der Waals surface area contributed by atoms with Crippen LogP contribution in [0.4, 0.5) is 5.69 Å². The molecule has 1 aliphatic rings. The van der Waals surface area contributed by atoms with Crippen molar-refractivity contribution in [3.8, 4) is 0 Å². The van der Waals surface area contributed by atoms with Crippen LogP contribution in [-0.4, -0.2) is 11.8 Å². The third-order valence-electron chi connectivity index (χ3n) is 4.27. The molecule has 3 rings (SSSR count). The van der Waals surface area contributed by atoms with Crippen LogP contribution in [0, 0.1) is 13.8 Å². The quantitative estimate of drug-likeness (QED) is 0.915. The summed E-state index contributed by atoms with van der Waals surface area (Å²) >= 11 is 0. The summed E-state index contributed by atoms with van der Waals surface area (Å²) in [6, 6.07) is 13.7. The van der Waals surface area contributed by atoms with E-state index in [0.29, 0.717) is 6.54 Å². The number of hydrogen-bond acceptors (Lipinski definition) is 2. The molecule has 0 aliphatic carbocycles. The number of aryl methyl sites for hydroxylation is 2. The minimum absolute atomic E-state index is 0.104. The topological polar surface area (TPSA) is 58.2 Å². The lowest BCUT2D eigenvalue weighted by Gasteiger charge is -2.24. The van der Waals surface area contributed by atoms with Gasteiger partial charge in [-0.15, -0.1) is 0 Å². The van der Waals surface area contributed by atoms with E-state index >= 15 is 0 Å². The number of amides is 2. The molecule has 2 amide bonds. The van der Waals surface area contributed by atoms with Crippen LogP contribution in [-0.2, 0) is 16.1 Å². The van der Waals surface area contributed by atoms with Crippen LogP contribution in [0.5, 0.6) is 0 Å². The zero-order valence-electron chi connectivity index (χ0n) is 13.3. The van der Waals surface area contributed by atoms with E-state index in [9.17, 15) is 9.59 Å². The molecule has 0 fully saturated rings. The summed E-state index contributed by atoms with van der Waals surface area (Å²) in [6.07, 6.45) is 0.190. The first kappa shape index (κ1) is 15.3. The highest BCUT2D eigenvalue weighted by Crippen LogP contribution is 2.32. The first-order valence-electron chi connectivity index (χ1n) is 7.77. The van der Waals surface area contributed by atoms with Gasteiger partial charge in [-0.1, -0.05) is 42.0 Å². The second-order valence-electron chi connectivity index (χ2n) is 6.04. The summed E-state index contributed by atoms with van der Waals surface area (Å²) in [5, 5.41) is 5.79. The number of hydrogen-bond donors (Lipinski definition) is 2. The maximum Gasteiger partial charge on any atom is 0.228 e. The molecule has 1 atom stereocenters. The van der Waals surface area contributed by atoms with E-state index in [0.717, 1.165) is 22.4 Å². The number of fused-ring (bicyclic) bond motifs is 1. The Balaban J connectivity index is 1.75. The lowest BCUT2D eigenvalue weighted by molar-refractivity contribution is -0.126. The van der Waals surface area contributed by atoms with Gasteiger partial charge >= 0.3 is 0 Å². The molecular weight excluding hydrogens is 288 g/mol. The molecule has 0 spiro atoms. The van der Waals surface area contributed by atoms with Crippen molar-refractivity contribution < 1.29 is 9.59 Å². The van der Waals surface area contributed by atoms with Gasteiger partial charge in [-0.2, -0.15) is 0 Å². The molecule has 4 heteroatoms. The first-order chi connectivity index (χ1) is 11.0. The predicted molar refractivity (Wildman–Crippen MR) is 90.2 cm³/mol. The molecule has 0 saturated heterocycles. The SMILES string of the molecule is Cc1ccc(CNC(=O)C2CC(=O)Nc3ccccc32)c(C)c1. The third-order valence-corrected chi connectivity index (χ3v) is 4.27. The van der Waals surface area contributed by atoms with E-state index in [1.165, 1.54) is 5.56 Å². The fourth-order valence-electron chi connectivity index (χ4n) is 2.99. The van der Waals surface area contributed by atoms with Gasteiger partial charge in [0.05, 0.1) is 5.92 Å². The highest BCUT2D eigenvalue weighted by Gasteiger charge is 2.30. The zero-order chi connectivity index (χ0) is 16.4. The molecular formula is C19H20N2O2. The molecule has 2 aromatic rings. The second kappa shape index (κ2) is 6.24. The van der Waals surface area contributed by atoms with Gasteiger partial charge in [0.25, 0.3) is 0 Å². The van der Waals surface area contributed by atoms with Crippen LogP contribution in [0.2, 0.25) is 0 Å². The number of anilines is 1. The van der Waals surface area contributed by atoms with Gasteiger partial charge in [-0.3, -0.25) is 9.59 Å². The Morgan fingerprint density at radius 2 is 2.00 bits per heavy atom. The van der Waals surface area contributed by atoms with Crippen LogP contribution in [0.15, 0.2) is 42.5 Å². The van der Waals surface area contributed by atoms with E-state index in [1.807, 2.05) is 50.2 Å². The van der Waals surface area contributed by atoms with E-state index in [4.69, 9.17) is 0 Å². The average Bonchev–Trinajstić information content (AvgIpc) is 2.53. The average molecular weight is 308 g/mol. The minimum Gasteiger partial charge on any atom is -0.351 e. The Bertz CT molecular complexity index is 768. The van der Waals surface area contributed by atoms with Crippen LogP contribution in [0.1, 0.15) is 34.6 Å². The summed E-state index contributed by atoms with van der Waals surface area (Å²) in [5.74, 6) is -0.645. The minimum atomic E-state index is -0.425. The molecule has 4 nitrogen and oxygen atoms in total. The molecule has 2 aromatic carbocycles. The van der Waals surface area contributed by atoms with Gasteiger partial charge in [0.15, 0.2) is 0 Å². The van der Waals surface area contributed by atoms with Crippen LogP contribution in [0.3, 0.4) is 0 Å². The smallest absolute Gasteiger partial charge is 0.228 e. The van der Waals surface area contributed by atoms with Gasteiger partial charge in [0.1, 0.15) is 0 Å². The number of nitrogens with one attached hydrogen (secondary N) is 2. The molecule has 1 unspecified atom stereocenters. The number of benzene rings is 2. The van der Waals surface area contributed by atoms with Crippen LogP contribution >= 0.6 is 0 Å². The molecule has 0 bridgehead atoms. The highest BCUT2D eigenvalue weighted by molar-refractivity contribution is 6.01. The Morgan fingerprint density at radius 3 is 2.78 bits per heavy atom. The van der Waals surface area contributed by atoms with Crippen molar-refractivity contribution in [1.29, 1.82) is 0 Å². The maximum atomic E-state index is 12.6. The van der Waals surface area contributed by atoms with Gasteiger partial charge in [0, 0.05) is 18.7 Å². The predicted octanol–water partition coefficient (Wildman–Crippen LogP) is 3.05. The Morgan fingerprint density at radius 1 is 1.22 bits per heavy atom. The first-order valence-corrected chi connectivity index (χ1v) is 7.77. The molecule has 1 aliphatic heterocycles. The molecule has 2 N–H and O–H groups in total. The van der Waals surface area contributed by atoms with Crippen molar-refractivity contribution in [1.82, 2.24) is 5.32 Å². The molecule has 23 heavy (non-hydrogen) atoms. The largest absolute Gasteiger partial charge is 0.351 e. The molecule has 0 radical (unpaired) electrons. The second-order valence-corrected chi connectivity index (χ2v) is 6.04. The van der Waals surface area contributed by atoms with Gasteiger partial charge < -0.3 is 10.6 Å². The van der Waals surface area contributed by atoms with E-state index in [-0.39, 0.29) is 18.2 Å². The van der Waals surface area contributed by atoms with Crippen molar-refractivity contribution in [3.63, 3.8) is 0 Å². The van der Waals surface area contributed by atoms with Crippen molar-refractivity contribution in [2.24, 2.45) is 0 Å². The Labute approximate surface area is 135 Å². The summed E-state index contributed by atoms with van der Waals surface area (Å²) in [7, 11) is 0. The zero-order valence-corrected chi connectivity index (χ0v) is 13.3. The van der Waals surface area contributed by atoms with Gasteiger partial charge in [0.2, 0.25) is 11.8 Å². The molecule has 0 saturated carbocycles. The highest BCUT2D eigenvalue weighted by atomic mass is 16.2. The maximum absolute atomic E-state index is 12.6. The van der Waals surface area contributed by atoms with E-state index in [2.05, 4.69) is 16.7 Å². The van der Waals surface area contributed by atoms with E-state index < -0.39 is 5.92 Å². The number of rotatable bonds is 3. The van der Waals surface area contributed by atoms with Crippen molar-refractivity contribution >= 4 is 17.5 Å². The fraction of sp³-hybridized carbons (Fsp3) is 0.263. The summed E-state index contributed by atoms with van der Waals surface area (Å²) in [6.45, 7) is 4.57.